The van der Waals surface area contributed by atoms with E-state index in [0.29, 0.717) is 51.4 Å². The summed E-state index contributed by atoms with van der Waals surface area (Å²) in [7, 11) is 0. The highest BCUT2D eigenvalue weighted by atomic mass is 32.1. The predicted octanol–water partition coefficient (Wildman–Crippen LogP) is 1.65. The minimum absolute atomic E-state index is 0.0238. The molecule has 0 spiro atoms. The maximum atomic E-state index is 12.7. The van der Waals surface area contributed by atoms with Crippen molar-refractivity contribution in [1.82, 2.24) is 30.0 Å². The van der Waals surface area contributed by atoms with Gasteiger partial charge in [-0.25, -0.2) is 9.97 Å². The van der Waals surface area contributed by atoms with Crippen LogP contribution in [0.3, 0.4) is 0 Å². The number of aromatic nitrogens is 5. The van der Waals surface area contributed by atoms with Crippen molar-refractivity contribution in [3.63, 3.8) is 0 Å². The van der Waals surface area contributed by atoms with Crippen LogP contribution in [0.5, 0.6) is 0 Å². The molecule has 1 aliphatic heterocycles. The Labute approximate surface area is 205 Å². The molecule has 3 aromatic heterocycles. The van der Waals surface area contributed by atoms with Gasteiger partial charge in [0.1, 0.15) is 28.3 Å². The molecule has 4 heterocycles. The van der Waals surface area contributed by atoms with E-state index in [1.165, 1.54) is 9.72 Å². The lowest BCUT2D eigenvalue weighted by Crippen LogP contribution is -2.49. The third-order valence-electron chi connectivity index (χ3n) is 5.99. The fourth-order valence-electron chi connectivity index (χ4n) is 4.12. The van der Waals surface area contributed by atoms with E-state index in [4.69, 9.17) is 10.6 Å². The summed E-state index contributed by atoms with van der Waals surface area (Å²) in [4.78, 5) is 46.3. The zero-order valence-corrected chi connectivity index (χ0v) is 20.2. The highest BCUT2D eigenvalue weighted by molar-refractivity contribution is 7.18. The SMILES string of the molecule is CCc1cc2c(N3CCN(C(=O)CCCOn4nnc5ccccc54)CC3)nc(C(N)=O)nc2s1. The first kappa shape index (κ1) is 23.0. The average Bonchev–Trinajstić information content (AvgIpc) is 3.50. The minimum Gasteiger partial charge on any atom is -0.395 e. The molecular weight excluding hydrogens is 468 g/mol. The molecular formula is C23H26N8O3S. The monoisotopic (exact) mass is 494 g/mol. The van der Waals surface area contributed by atoms with E-state index in [9.17, 15) is 9.59 Å². The lowest BCUT2D eigenvalue weighted by molar-refractivity contribution is -0.131. The zero-order chi connectivity index (χ0) is 24.4. The molecule has 0 unspecified atom stereocenters. The van der Waals surface area contributed by atoms with E-state index in [1.807, 2.05) is 29.2 Å². The molecule has 35 heavy (non-hydrogen) atoms. The number of anilines is 1. The van der Waals surface area contributed by atoms with Gasteiger partial charge in [0.25, 0.3) is 5.91 Å². The third kappa shape index (κ3) is 4.74. The summed E-state index contributed by atoms with van der Waals surface area (Å²) in [6.07, 6.45) is 1.85. The Morgan fingerprint density at radius 3 is 2.71 bits per heavy atom. The van der Waals surface area contributed by atoms with E-state index in [1.54, 1.807) is 11.3 Å². The summed E-state index contributed by atoms with van der Waals surface area (Å²) in [6.45, 7) is 4.84. The number of hydrogen-bond acceptors (Lipinski definition) is 9. The molecule has 0 radical (unpaired) electrons. The van der Waals surface area contributed by atoms with Gasteiger partial charge in [0.2, 0.25) is 11.7 Å². The maximum absolute atomic E-state index is 12.7. The van der Waals surface area contributed by atoms with Gasteiger partial charge >= 0.3 is 0 Å². The van der Waals surface area contributed by atoms with Crippen molar-refractivity contribution in [3.05, 3.63) is 41.0 Å². The van der Waals surface area contributed by atoms with Crippen LogP contribution in [0.4, 0.5) is 5.82 Å². The number of rotatable bonds is 8. The number of nitrogens with two attached hydrogens (primary N) is 1. The van der Waals surface area contributed by atoms with Crippen LogP contribution < -0.4 is 15.5 Å². The molecule has 4 aromatic rings. The van der Waals surface area contributed by atoms with Gasteiger partial charge in [0.15, 0.2) is 0 Å². The number of para-hydroxylation sites is 1. The topological polar surface area (TPSA) is 132 Å². The molecule has 11 nitrogen and oxygen atoms in total. The van der Waals surface area contributed by atoms with Crippen molar-refractivity contribution in [1.29, 1.82) is 0 Å². The molecule has 0 bridgehead atoms. The number of benzene rings is 1. The van der Waals surface area contributed by atoms with Crippen molar-refractivity contribution in [2.75, 3.05) is 37.7 Å². The van der Waals surface area contributed by atoms with Crippen molar-refractivity contribution >= 4 is 50.2 Å². The number of carbonyl (C=O) groups excluding carboxylic acids is 2. The van der Waals surface area contributed by atoms with Crippen LogP contribution in [0.15, 0.2) is 30.3 Å². The first-order chi connectivity index (χ1) is 17.0. The zero-order valence-electron chi connectivity index (χ0n) is 19.4. The number of thiophene rings is 1. The number of piperazine rings is 1. The van der Waals surface area contributed by atoms with Gasteiger partial charge in [0, 0.05) is 37.5 Å². The molecule has 0 saturated carbocycles. The molecule has 2 N–H and O–H groups in total. The molecule has 1 aliphatic rings. The number of fused-ring (bicyclic) bond motifs is 2. The molecule has 5 rings (SSSR count). The molecule has 1 aromatic carbocycles. The van der Waals surface area contributed by atoms with Crippen LogP contribution in [0.2, 0.25) is 0 Å². The highest BCUT2D eigenvalue weighted by Crippen LogP contribution is 2.32. The van der Waals surface area contributed by atoms with Gasteiger partial charge in [0.05, 0.1) is 5.39 Å². The number of hydrogen-bond donors (Lipinski definition) is 1. The van der Waals surface area contributed by atoms with E-state index < -0.39 is 5.91 Å². The van der Waals surface area contributed by atoms with Gasteiger partial charge in [-0.15, -0.1) is 16.4 Å². The van der Waals surface area contributed by atoms with E-state index in [2.05, 4.69) is 38.2 Å². The van der Waals surface area contributed by atoms with Crippen LogP contribution in [-0.4, -0.2) is 74.6 Å². The third-order valence-corrected chi connectivity index (χ3v) is 7.17. The average molecular weight is 495 g/mol. The van der Waals surface area contributed by atoms with Crippen molar-refractivity contribution in [2.45, 2.75) is 26.2 Å². The molecule has 0 aliphatic carbocycles. The van der Waals surface area contributed by atoms with Gasteiger partial charge < -0.3 is 20.4 Å². The Morgan fingerprint density at radius 1 is 1.14 bits per heavy atom. The summed E-state index contributed by atoms with van der Waals surface area (Å²) < 4.78 is 0. The molecule has 182 valence electrons. The number of nitrogens with zero attached hydrogens (tertiary/aromatic N) is 7. The summed E-state index contributed by atoms with van der Waals surface area (Å²) in [6, 6.07) is 9.63. The second-order valence-electron chi connectivity index (χ2n) is 8.28. The highest BCUT2D eigenvalue weighted by Gasteiger charge is 2.25. The molecule has 0 atom stereocenters. The first-order valence-electron chi connectivity index (χ1n) is 11.6. The van der Waals surface area contributed by atoms with E-state index in [0.717, 1.165) is 27.7 Å². The van der Waals surface area contributed by atoms with Crippen LogP contribution in [0.1, 0.15) is 35.3 Å². The van der Waals surface area contributed by atoms with Crippen molar-refractivity contribution in [3.8, 4) is 0 Å². The summed E-state index contributed by atoms with van der Waals surface area (Å²) in [5.41, 5.74) is 7.03. The van der Waals surface area contributed by atoms with E-state index >= 15 is 0 Å². The second kappa shape index (κ2) is 9.82. The molecule has 2 amide bonds. The summed E-state index contributed by atoms with van der Waals surface area (Å²) in [5, 5.41) is 8.97. The standard InChI is InChI=1S/C23H26N8O3S/c1-2-15-14-16-22(25-21(20(24)33)26-23(16)35-15)30-11-9-29(10-12-30)19(32)8-5-13-34-31-18-7-4-3-6-17(18)27-28-31/h3-4,6-7,14H,2,5,8-13H2,1H3,(H2,24,33). The molecule has 1 fully saturated rings. The Hall–Kier alpha value is -3.80. The number of primary amides is 1. The van der Waals surface area contributed by atoms with Crippen molar-refractivity contribution in [2.24, 2.45) is 5.73 Å². The number of carbonyl (C=O) groups is 2. The Bertz CT molecular complexity index is 1380. The Balaban J connectivity index is 1.16. The number of aryl methyl sites for hydroxylation is 1. The lowest BCUT2D eigenvalue weighted by atomic mass is 10.2. The van der Waals surface area contributed by atoms with Crippen molar-refractivity contribution < 1.29 is 14.4 Å². The van der Waals surface area contributed by atoms with Gasteiger partial charge in [-0.3, -0.25) is 9.59 Å². The Morgan fingerprint density at radius 2 is 1.94 bits per heavy atom. The smallest absolute Gasteiger partial charge is 0.286 e. The normalized spacial score (nSPS) is 14.1. The largest absolute Gasteiger partial charge is 0.395 e. The van der Waals surface area contributed by atoms with Crippen LogP contribution in [0.25, 0.3) is 21.3 Å². The summed E-state index contributed by atoms with van der Waals surface area (Å²) in [5.74, 6) is 0.177. The van der Waals surface area contributed by atoms with E-state index in [-0.39, 0.29) is 11.7 Å². The number of amides is 2. The quantitative estimate of drug-likeness (QED) is 0.366. The lowest BCUT2D eigenvalue weighted by Gasteiger charge is -2.35. The van der Waals surface area contributed by atoms with Gasteiger partial charge in [-0.2, -0.15) is 0 Å². The Kier molecular flexibility index (Phi) is 6.45. The fourth-order valence-corrected chi connectivity index (χ4v) is 5.09. The molecule has 1 saturated heterocycles. The first-order valence-corrected chi connectivity index (χ1v) is 12.4. The predicted molar refractivity (Wildman–Crippen MR) is 132 cm³/mol. The second-order valence-corrected chi connectivity index (χ2v) is 9.39. The molecule has 12 heteroatoms. The van der Waals surface area contributed by atoms with Crippen LogP contribution in [0, 0.1) is 0 Å². The van der Waals surface area contributed by atoms with Gasteiger partial charge in [-0.1, -0.05) is 23.9 Å². The van der Waals surface area contributed by atoms with Gasteiger partial charge in [-0.05, 0) is 36.3 Å². The summed E-state index contributed by atoms with van der Waals surface area (Å²) >= 11 is 1.55. The van der Waals surface area contributed by atoms with Crippen LogP contribution >= 0.6 is 11.3 Å². The van der Waals surface area contributed by atoms with Crippen LogP contribution in [-0.2, 0) is 11.2 Å². The minimum atomic E-state index is -0.644. The maximum Gasteiger partial charge on any atom is 0.286 e. The fraction of sp³-hybridized carbons (Fsp3) is 0.391.